The van der Waals surface area contributed by atoms with Crippen LogP contribution in [0.5, 0.6) is 5.75 Å². The van der Waals surface area contributed by atoms with Crippen LogP contribution in [0, 0.1) is 0 Å². The van der Waals surface area contributed by atoms with Gasteiger partial charge in [0.05, 0.1) is 25.5 Å². The minimum Gasteiger partial charge on any atom is -0.497 e. The Balaban J connectivity index is 1.95. The summed E-state index contributed by atoms with van der Waals surface area (Å²) in [7, 11) is -2.28. The van der Waals surface area contributed by atoms with Gasteiger partial charge in [-0.2, -0.15) is 17.9 Å². The molecule has 3 rings (SSSR count). The Hall–Kier alpha value is -2.79. The third kappa shape index (κ3) is 5.10. The smallest absolute Gasteiger partial charge is 0.416 e. The molecule has 1 atom stereocenters. The zero-order valence-electron chi connectivity index (χ0n) is 16.9. The van der Waals surface area contributed by atoms with Crippen LogP contribution in [0.15, 0.2) is 48.5 Å². The molecule has 1 heterocycles. The van der Waals surface area contributed by atoms with Gasteiger partial charge in [0.15, 0.2) is 5.66 Å². The second-order valence-electron chi connectivity index (χ2n) is 7.22. The summed E-state index contributed by atoms with van der Waals surface area (Å²) in [6.45, 7) is -0.00537. The van der Waals surface area contributed by atoms with Gasteiger partial charge in [-0.3, -0.25) is 4.90 Å². The Labute approximate surface area is 178 Å². The molecule has 1 unspecified atom stereocenters. The third-order valence-corrected chi connectivity index (χ3v) is 5.74. The minimum absolute atomic E-state index is 0.127. The standard InChI is InChI=1S/C20H22F3N3O4S/c1-30-17-9-3-14(4-10-17)11-12-26-18(27)24-13-19(26,25-31(2,28)29)15-5-7-16(8-6-15)20(21,22)23/h3-10,25H,11-13H2,1-2H3,(H,24,27). The van der Waals surface area contributed by atoms with Crippen LogP contribution in [0.2, 0.25) is 0 Å². The van der Waals surface area contributed by atoms with Crippen molar-refractivity contribution in [1.82, 2.24) is 14.9 Å². The van der Waals surface area contributed by atoms with E-state index in [9.17, 15) is 26.4 Å². The van der Waals surface area contributed by atoms with Crippen molar-refractivity contribution in [2.45, 2.75) is 18.3 Å². The maximum Gasteiger partial charge on any atom is 0.416 e. The zero-order chi connectivity index (χ0) is 22.9. The highest BCUT2D eigenvalue weighted by molar-refractivity contribution is 7.88. The number of alkyl halides is 3. The van der Waals surface area contributed by atoms with Gasteiger partial charge in [-0.25, -0.2) is 13.2 Å². The fourth-order valence-corrected chi connectivity index (χ4v) is 4.46. The number of sulfonamides is 1. The average molecular weight is 457 g/mol. The van der Waals surface area contributed by atoms with E-state index in [1.807, 2.05) is 12.1 Å². The van der Waals surface area contributed by atoms with Crippen LogP contribution in [0.25, 0.3) is 0 Å². The van der Waals surface area contributed by atoms with E-state index < -0.39 is 33.5 Å². The van der Waals surface area contributed by atoms with Crippen LogP contribution in [-0.4, -0.2) is 45.8 Å². The van der Waals surface area contributed by atoms with Crippen LogP contribution in [0.1, 0.15) is 16.7 Å². The van der Waals surface area contributed by atoms with Gasteiger partial charge in [0, 0.05) is 6.54 Å². The highest BCUT2D eigenvalue weighted by Crippen LogP contribution is 2.34. The summed E-state index contributed by atoms with van der Waals surface area (Å²) in [5, 5.41) is 2.60. The summed E-state index contributed by atoms with van der Waals surface area (Å²) < 4.78 is 70.7. The number of benzene rings is 2. The lowest BCUT2D eigenvalue weighted by molar-refractivity contribution is -0.137. The molecule has 7 nitrogen and oxygen atoms in total. The number of ether oxygens (including phenoxy) is 1. The van der Waals surface area contributed by atoms with Crippen LogP contribution < -0.4 is 14.8 Å². The normalized spacial score (nSPS) is 19.4. The Morgan fingerprint density at radius 1 is 1.13 bits per heavy atom. The Kier molecular flexibility index (Phi) is 6.19. The number of methoxy groups -OCH3 is 1. The molecule has 168 valence electrons. The summed E-state index contributed by atoms with van der Waals surface area (Å²) in [5.41, 5.74) is -1.32. The summed E-state index contributed by atoms with van der Waals surface area (Å²) in [4.78, 5) is 13.9. The molecule has 2 amide bonds. The molecule has 1 fully saturated rings. The number of carbonyl (C=O) groups excluding carboxylic acids is 1. The number of carbonyl (C=O) groups is 1. The molecule has 0 aliphatic carbocycles. The van der Waals surface area contributed by atoms with E-state index in [0.717, 1.165) is 24.0 Å². The quantitative estimate of drug-likeness (QED) is 0.669. The van der Waals surface area contributed by atoms with Gasteiger partial charge in [0.1, 0.15) is 5.75 Å². The number of halogens is 3. The lowest BCUT2D eigenvalue weighted by Crippen LogP contribution is -2.57. The van der Waals surface area contributed by atoms with Gasteiger partial charge in [-0.1, -0.05) is 24.3 Å². The topological polar surface area (TPSA) is 87.7 Å². The number of urea groups is 1. The number of hydrogen-bond acceptors (Lipinski definition) is 4. The first kappa shape index (κ1) is 22.9. The predicted octanol–water partition coefficient (Wildman–Crippen LogP) is 2.68. The number of hydrogen-bond donors (Lipinski definition) is 2. The highest BCUT2D eigenvalue weighted by Gasteiger charge is 2.48. The lowest BCUT2D eigenvalue weighted by Gasteiger charge is -2.37. The molecule has 1 saturated heterocycles. The van der Waals surface area contributed by atoms with Crippen molar-refractivity contribution in [3.05, 3.63) is 65.2 Å². The summed E-state index contributed by atoms with van der Waals surface area (Å²) in [6, 6.07) is 10.7. The molecule has 2 aromatic rings. The van der Waals surface area contributed by atoms with E-state index in [2.05, 4.69) is 10.0 Å². The monoisotopic (exact) mass is 457 g/mol. The first-order valence-electron chi connectivity index (χ1n) is 9.30. The molecule has 11 heteroatoms. The minimum atomic E-state index is -4.53. The fourth-order valence-electron chi connectivity index (χ4n) is 3.54. The van der Waals surface area contributed by atoms with Crippen molar-refractivity contribution >= 4 is 16.1 Å². The number of nitrogens with zero attached hydrogens (tertiary/aromatic N) is 1. The maximum atomic E-state index is 13.0. The van der Waals surface area contributed by atoms with Crippen molar-refractivity contribution < 1.29 is 31.1 Å². The second kappa shape index (κ2) is 8.39. The van der Waals surface area contributed by atoms with Crippen molar-refractivity contribution in [3.8, 4) is 5.75 Å². The molecule has 31 heavy (non-hydrogen) atoms. The zero-order valence-corrected chi connectivity index (χ0v) is 17.7. The van der Waals surface area contributed by atoms with Gasteiger partial charge in [0.2, 0.25) is 10.0 Å². The maximum absolute atomic E-state index is 13.0. The van der Waals surface area contributed by atoms with E-state index in [-0.39, 0.29) is 18.7 Å². The molecule has 0 saturated carbocycles. The fraction of sp³-hybridized carbons (Fsp3) is 0.350. The first-order chi connectivity index (χ1) is 14.4. The SMILES string of the molecule is COc1ccc(CCN2C(=O)NCC2(NS(C)(=O)=O)c2ccc(C(F)(F)F)cc2)cc1. The summed E-state index contributed by atoms with van der Waals surface area (Å²) in [6.07, 6.45) is -3.21. The lowest BCUT2D eigenvalue weighted by atomic mass is 9.97. The Bertz CT molecular complexity index is 1040. The van der Waals surface area contributed by atoms with Gasteiger partial charge in [-0.05, 0) is 41.8 Å². The second-order valence-corrected chi connectivity index (χ2v) is 8.97. The molecule has 1 aliphatic heterocycles. The van der Waals surface area contributed by atoms with Crippen molar-refractivity contribution in [1.29, 1.82) is 0 Å². The molecule has 0 aromatic heterocycles. The molecule has 2 N–H and O–H groups in total. The molecule has 2 aromatic carbocycles. The molecular weight excluding hydrogens is 435 g/mol. The third-order valence-electron chi connectivity index (χ3n) is 5.03. The largest absolute Gasteiger partial charge is 0.497 e. The van der Waals surface area contributed by atoms with Crippen LogP contribution >= 0.6 is 0 Å². The predicted molar refractivity (Wildman–Crippen MR) is 108 cm³/mol. The van der Waals surface area contributed by atoms with Gasteiger partial charge in [0.25, 0.3) is 0 Å². The van der Waals surface area contributed by atoms with Crippen LogP contribution in [0.4, 0.5) is 18.0 Å². The first-order valence-corrected chi connectivity index (χ1v) is 11.2. The van der Waals surface area contributed by atoms with Crippen LogP contribution in [0.3, 0.4) is 0 Å². The van der Waals surface area contributed by atoms with E-state index in [4.69, 9.17) is 4.74 Å². The number of nitrogens with one attached hydrogen (secondary N) is 2. The average Bonchev–Trinajstić information content (AvgIpc) is 3.01. The van der Waals surface area contributed by atoms with E-state index in [1.165, 1.54) is 17.0 Å². The number of rotatable bonds is 7. The summed E-state index contributed by atoms with van der Waals surface area (Å²) >= 11 is 0. The van der Waals surface area contributed by atoms with Gasteiger partial charge in [-0.15, -0.1) is 0 Å². The molecule has 0 bridgehead atoms. The highest BCUT2D eigenvalue weighted by atomic mass is 32.2. The number of amides is 2. The van der Waals surface area contributed by atoms with Gasteiger partial charge < -0.3 is 10.1 Å². The molecule has 0 radical (unpaired) electrons. The molecular formula is C20H22F3N3O4S. The molecule has 1 aliphatic rings. The van der Waals surface area contributed by atoms with E-state index >= 15 is 0 Å². The Morgan fingerprint density at radius 3 is 2.26 bits per heavy atom. The van der Waals surface area contributed by atoms with Crippen molar-refractivity contribution in [2.75, 3.05) is 26.5 Å². The van der Waals surface area contributed by atoms with Crippen LogP contribution in [-0.2, 0) is 28.3 Å². The van der Waals surface area contributed by atoms with Crippen molar-refractivity contribution in [2.24, 2.45) is 0 Å². The Morgan fingerprint density at radius 2 is 1.74 bits per heavy atom. The van der Waals surface area contributed by atoms with Gasteiger partial charge >= 0.3 is 12.2 Å². The summed E-state index contributed by atoms with van der Waals surface area (Å²) in [5.74, 6) is 0.667. The van der Waals surface area contributed by atoms with E-state index in [0.29, 0.717) is 12.2 Å². The van der Waals surface area contributed by atoms with E-state index in [1.54, 1.807) is 19.2 Å². The van der Waals surface area contributed by atoms with Crippen molar-refractivity contribution in [3.63, 3.8) is 0 Å². The molecule has 0 spiro atoms.